The van der Waals surface area contributed by atoms with Gasteiger partial charge in [0.2, 0.25) is 0 Å². The number of ether oxygens (including phenoxy) is 1. The molecule has 2 amide bonds. The predicted octanol–water partition coefficient (Wildman–Crippen LogP) is 1.73. The normalized spacial score (nSPS) is 18.3. The second-order valence-electron chi connectivity index (χ2n) is 4.77. The van der Waals surface area contributed by atoms with E-state index in [4.69, 9.17) is 21.4 Å². The molecule has 0 bridgehead atoms. The van der Waals surface area contributed by atoms with Gasteiger partial charge in [0.05, 0.1) is 25.7 Å². The summed E-state index contributed by atoms with van der Waals surface area (Å²) in [5, 5.41) is 12.2. The lowest BCUT2D eigenvalue weighted by atomic mass is 10.1. The highest BCUT2D eigenvalue weighted by Gasteiger charge is 2.28. The van der Waals surface area contributed by atoms with Crippen molar-refractivity contribution in [3.05, 3.63) is 34.9 Å². The lowest BCUT2D eigenvalue weighted by Crippen LogP contribution is -2.53. The Balaban J connectivity index is 1.94. The SMILES string of the molecule is O=C(O)CC1COCCN1C(=O)NCc1ccccc1Cl. The highest BCUT2D eigenvalue weighted by Crippen LogP contribution is 2.15. The maximum atomic E-state index is 12.2. The largest absolute Gasteiger partial charge is 0.481 e. The predicted molar refractivity (Wildman–Crippen MR) is 77.3 cm³/mol. The van der Waals surface area contributed by atoms with Gasteiger partial charge in [-0.05, 0) is 11.6 Å². The third-order valence-electron chi connectivity index (χ3n) is 3.29. The van der Waals surface area contributed by atoms with E-state index in [1.54, 1.807) is 6.07 Å². The molecule has 0 aliphatic carbocycles. The number of hydrogen-bond acceptors (Lipinski definition) is 3. The molecule has 2 N–H and O–H groups in total. The molecule has 7 heteroatoms. The van der Waals surface area contributed by atoms with E-state index in [-0.39, 0.29) is 19.1 Å². The Morgan fingerprint density at radius 1 is 1.43 bits per heavy atom. The fraction of sp³-hybridized carbons (Fsp3) is 0.429. The number of urea groups is 1. The second-order valence-corrected chi connectivity index (χ2v) is 5.18. The molecule has 0 spiro atoms. The van der Waals surface area contributed by atoms with Gasteiger partial charge < -0.3 is 20.1 Å². The standard InChI is InChI=1S/C14H17ClN2O4/c15-12-4-2-1-3-10(12)8-16-14(20)17-5-6-21-9-11(17)7-13(18)19/h1-4,11H,5-9H2,(H,16,20)(H,18,19). The molecule has 0 aromatic heterocycles. The molecule has 1 saturated heterocycles. The number of aliphatic carboxylic acids is 1. The van der Waals surface area contributed by atoms with Crippen molar-refractivity contribution in [3.63, 3.8) is 0 Å². The van der Waals surface area contributed by atoms with Crippen LogP contribution in [0.25, 0.3) is 0 Å². The first kappa shape index (κ1) is 15.6. The van der Waals surface area contributed by atoms with Gasteiger partial charge in [0.1, 0.15) is 0 Å². The molecule has 1 aliphatic rings. The van der Waals surface area contributed by atoms with Gasteiger partial charge in [0.25, 0.3) is 0 Å². The summed E-state index contributed by atoms with van der Waals surface area (Å²) < 4.78 is 5.24. The van der Waals surface area contributed by atoms with E-state index in [0.717, 1.165) is 5.56 Å². The summed E-state index contributed by atoms with van der Waals surface area (Å²) in [5.74, 6) is -0.950. The maximum Gasteiger partial charge on any atom is 0.318 e. The zero-order valence-corrected chi connectivity index (χ0v) is 12.2. The van der Waals surface area contributed by atoms with Gasteiger partial charge in [-0.2, -0.15) is 0 Å². The number of nitrogens with one attached hydrogen (secondary N) is 1. The molecule has 0 saturated carbocycles. The van der Waals surface area contributed by atoms with E-state index in [1.807, 2.05) is 18.2 Å². The zero-order valence-electron chi connectivity index (χ0n) is 11.4. The lowest BCUT2D eigenvalue weighted by molar-refractivity contribution is -0.139. The van der Waals surface area contributed by atoms with Gasteiger partial charge in [0, 0.05) is 18.1 Å². The number of carbonyl (C=O) groups is 2. The van der Waals surface area contributed by atoms with Gasteiger partial charge >= 0.3 is 12.0 Å². The van der Waals surface area contributed by atoms with E-state index in [2.05, 4.69) is 5.32 Å². The van der Waals surface area contributed by atoms with Gasteiger partial charge in [-0.15, -0.1) is 0 Å². The highest BCUT2D eigenvalue weighted by molar-refractivity contribution is 6.31. The van der Waals surface area contributed by atoms with Crippen molar-refractivity contribution in [2.45, 2.75) is 19.0 Å². The van der Waals surface area contributed by atoms with E-state index in [0.29, 0.717) is 24.7 Å². The third-order valence-corrected chi connectivity index (χ3v) is 3.66. The Kier molecular flexibility index (Phi) is 5.41. The molecule has 1 atom stereocenters. The van der Waals surface area contributed by atoms with Crippen molar-refractivity contribution in [3.8, 4) is 0 Å². The van der Waals surface area contributed by atoms with Crippen LogP contribution in [-0.2, 0) is 16.1 Å². The summed E-state index contributed by atoms with van der Waals surface area (Å²) in [6.45, 7) is 1.34. The smallest absolute Gasteiger partial charge is 0.318 e. The van der Waals surface area contributed by atoms with Crippen LogP contribution in [-0.4, -0.2) is 47.8 Å². The number of carboxylic acids is 1. The Bertz CT molecular complexity index is 523. The number of nitrogens with zero attached hydrogens (tertiary/aromatic N) is 1. The molecule has 1 aliphatic heterocycles. The third kappa shape index (κ3) is 4.34. The molecule has 1 heterocycles. The number of halogens is 1. The van der Waals surface area contributed by atoms with Crippen molar-refractivity contribution >= 4 is 23.6 Å². The highest BCUT2D eigenvalue weighted by atomic mass is 35.5. The van der Waals surface area contributed by atoms with Crippen LogP contribution in [0.1, 0.15) is 12.0 Å². The van der Waals surface area contributed by atoms with Crippen LogP contribution in [0.5, 0.6) is 0 Å². The Morgan fingerprint density at radius 2 is 2.19 bits per heavy atom. The molecular formula is C14H17ClN2O4. The average Bonchev–Trinajstić information content (AvgIpc) is 2.46. The van der Waals surface area contributed by atoms with Crippen LogP contribution in [0, 0.1) is 0 Å². The topological polar surface area (TPSA) is 78.9 Å². The number of hydrogen-bond donors (Lipinski definition) is 2. The Morgan fingerprint density at radius 3 is 2.90 bits per heavy atom. The van der Waals surface area contributed by atoms with Crippen LogP contribution < -0.4 is 5.32 Å². The minimum atomic E-state index is -0.950. The Labute approximate surface area is 127 Å². The van der Waals surface area contributed by atoms with Gasteiger partial charge in [0.15, 0.2) is 0 Å². The molecule has 21 heavy (non-hydrogen) atoms. The molecule has 1 fully saturated rings. The van der Waals surface area contributed by atoms with Crippen molar-refractivity contribution < 1.29 is 19.4 Å². The zero-order chi connectivity index (χ0) is 15.2. The van der Waals surface area contributed by atoms with Crippen LogP contribution in [0.3, 0.4) is 0 Å². The fourth-order valence-corrected chi connectivity index (χ4v) is 2.41. The molecule has 1 unspecified atom stereocenters. The van der Waals surface area contributed by atoms with Crippen molar-refractivity contribution in [1.29, 1.82) is 0 Å². The number of benzene rings is 1. The summed E-state index contributed by atoms with van der Waals surface area (Å²) in [4.78, 5) is 24.5. The van der Waals surface area contributed by atoms with Crippen LogP contribution >= 0.6 is 11.6 Å². The first-order chi connectivity index (χ1) is 10.1. The summed E-state index contributed by atoms with van der Waals surface area (Å²) >= 11 is 6.03. The number of amides is 2. The van der Waals surface area contributed by atoms with Crippen LogP contribution in [0.4, 0.5) is 4.79 Å². The van der Waals surface area contributed by atoms with E-state index < -0.39 is 12.0 Å². The van der Waals surface area contributed by atoms with Crippen LogP contribution in [0.2, 0.25) is 5.02 Å². The monoisotopic (exact) mass is 312 g/mol. The van der Waals surface area contributed by atoms with Crippen LogP contribution in [0.15, 0.2) is 24.3 Å². The summed E-state index contributed by atoms with van der Waals surface area (Å²) in [7, 11) is 0. The minimum absolute atomic E-state index is 0.125. The lowest BCUT2D eigenvalue weighted by Gasteiger charge is -2.34. The molecule has 1 aromatic carbocycles. The number of rotatable bonds is 4. The molecule has 0 radical (unpaired) electrons. The van der Waals surface area contributed by atoms with Gasteiger partial charge in [-0.1, -0.05) is 29.8 Å². The molecular weight excluding hydrogens is 296 g/mol. The quantitative estimate of drug-likeness (QED) is 0.887. The summed E-state index contributed by atoms with van der Waals surface area (Å²) in [6.07, 6.45) is -0.125. The molecule has 6 nitrogen and oxygen atoms in total. The van der Waals surface area contributed by atoms with E-state index in [9.17, 15) is 9.59 Å². The van der Waals surface area contributed by atoms with Crippen molar-refractivity contribution in [2.75, 3.05) is 19.8 Å². The summed E-state index contributed by atoms with van der Waals surface area (Å²) in [6, 6.07) is 6.50. The number of carboxylic acid groups (broad SMARTS) is 1. The number of carbonyl (C=O) groups excluding carboxylic acids is 1. The molecule has 114 valence electrons. The molecule has 1 aromatic rings. The Hall–Kier alpha value is -1.79. The average molecular weight is 313 g/mol. The maximum absolute atomic E-state index is 12.2. The molecule has 2 rings (SSSR count). The van der Waals surface area contributed by atoms with E-state index >= 15 is 0 Å². The first-order valence-corrected chi connectivity index (χ1v) is 7.03. The van der Waals surface area contributed by atoms with Crippen molar-refractivity contribution in [1.82, 2.24) is 10.2 Å². The number of morpholine rings is 1. The van der Waals surface area contributed by atoms with E-state index in [1.165, 1.54) is 4.90 Å². The van der Waals surface area contributed by atoms with Gasteiger partial charge in [-0.25, -0.2) is 4.79 Å². The summed E-state index contributed by atoms with van der Waals surface area (Å²) in [5.41, 5.74) is 0.815. The second kappa shape index (κ2) is 7.28. The first-order valence-electron chi connectivity index (χ1n) is 6.65. The van der Waals surface area contributed by atoms with Crippen molar-refractivity contribution in [2.24, 2.45) is 0 Å². The fourth-order valence-electron chi connectivity index (χ4n) is 2.21. The van der Waals surface area contributed by atoms with Gasteiger partial charge in [-0.3, -0.25) is 4.79 Å². The minimum Gasteiger partial charge on any atom is -0.481 e.